The van der Waals surface area contributed by atoms with Gasteiger partial charge in [0.1, 0.15) is 0 Å². The van der Waals surface area contributed by atoms with Gasteiger partial charge in [-0.05, 0) is 31.5 Å². The number of aromatic nitrogens is 4. The molecule has 0 N–H and O–H groups in total. The Morgan fingerprint density at radius 1 is 1.26 bits per heavy atom. The Morgan fingerprint density at radius 3 is 2.91 bits per heavy atom. The first kappa shape index (κ1) is 14.1. The molecule has 1 saturated heterocycles. The van der Waals surface area contributed by atoms with E-state index >= 15 is 0 Å². The van der Waals surface area contributed by atoms with Gasteiger partial charge in [-0.25, -0.2) is 0 Å². The molecule has 1 fully saturated rings. The minimum Gasteiger partial charge on any atom is -0.334 e. The lowest BCUT2D eigenvalue weighted by atomic mass is 10.1. The summed E-state index contributed by atoms with van der Waals surface area (Å²) in [6, 6.07) is 10.3. The summed E-state index contributed by atoms with van der Waals surface area (Å²) >= 11 is 0. The molecule has 1 aliphatic heterocycles. The fourth-order valence-corrected chi connectivity index (χ4v) is 3.20. The van der Waals surface area contributed by atoms with Gasteiger partial charge < -0.3 is 4.52 Å². The predicted octanol–water partition coefficient (Wildman–Crippen LogP) is 2.81. The van der Waals surface area contributed by atoms with E-state index in [0.717, 1.165) is 24.4 Å². The molecule has 0 unspecified atom stereocenters. The summed E-state index contributed by atoms with van der Waals surface area (Å²) in [6.45, 7) is 1.75. The van der Waals surface area contributed by atoms with Gasteiger partial charge in [-0.1, -0.05) is 23.4 Å². The van der Waals surface area contributed by atoms with Crippen LogP contribution in [0.3, 0.4) is 0 Å². The lowest BCUT2D eigenvalue weighted by Gasteiger charge is -2.21. The Kier molecular flexibility index (Phi) is 3.67. The molecule has 0 bridgehead atoms. The number of nitrogens with zero attached hydrogens (tertiary/aromatic N) is 5. The molecule has 3 heterocycles. The van der Waals surface area contributed by atoms with E-state index in [4.69, 9.17) is 4.52 Å². The molecular formula is C17H19N5O. The van der Waals surface area contributed by atoms with Gasteiger partial charge in [0, 0.05) is 30.4 Å². The van der Waals surface area contributed by atoms with Crippen molar-refractivity contribution in [2.24, 2.45) is 7.05 Å². The maximum Gasteiger partial charge on any atom is 0.257 e. The topological polar surface area (TPSA) is 60.0 Å². The highest BCUT2D eigenvalue weighted by Crippen LogP contribution is 2.32. The smallest absolute Gasteiger partial charge is 0.257 e. The number of likely N-dealkylation sites (tertiary alicyclic amines) is 1. The van der Waals surface area contributed by atoms with E-state index in [1.807, 2.05) is 48.3 Å². The Hall–Kier alpha value is -2.47. The lowest BCUT2D eigenvalue weighted by Crippen LogP contribution is -2.23. The maximum atomic E-state index is 5.40. The summed E-state index contributed by atoms with van der Waals surface area (Å²) in [7, 11) is 1.95. The molecule has 4 rings (SSSR count). The molecule has 0 radical (unpaired) electrons. The van der Waals surface area contributed by atoms with Crippen LogP contribution in [-0.4, -0.2) is 31.4 Å². The van der Waals surface area contributed by atoms with Crippen LogP contribution < -0.4 is 0 Å². The molecule has 0 aliphatic carbocycles. The van der Waals surface area contributed by atoms with Crippen molar-refractivity contribution in [1.29, 1.82) is 0 Å². The molecule has 3 aromatic rings. The number of hydrogen-bond acceptors (Lipinski definition) is 5. The van der Waals surface area contributed by atoms with Crippen molar-refractivity contribution in [3.05, 3.63) is 54.1 Å². The highest BCUT2D eigenvalue weighted by Gasteiger charge is 2.28. The van der Waals surface area contributed by atoms with Crippen molar-refractivity contribution >= 4 is 0 Å². The van der Waals surface area contributed by atoms with Crippen LogP contribution in [0.5, 0.6) is 0 Å². The molecule has 0 saturated carbocycles. The Morgan fingerprint density at radius 2 is 2.13 bits per heavy atom. The molecule has 23 heavy (non-hydrogen) atoms. The zero-order valence-electron chi connectivity index (χ0n) is 13.1. The van der Waals surface area contributed by atoms with Crippen LogP contribution in [0.1, 0.15) is 30.3 Å². The molecular weight excluding hydrogens is 290 g/mol. The lowest BCUT2D eigenvalue weighted by molar-refractivity contribution is 0.238. The molecule has 6 heteroatoms. The van der Waals surface area contributed by atoms with Crippen LogP contribution in [0.15, 0.2) is 47.2 Å². The molecule has 1 aliphatic rings. The first-order valence-electron chi connectivity index (χ1n) is 7.90. The number of aryl methyl sites for hydroxylation is 1. The van der Waals surface area contributed by atoms with Crippen LogP contribution >= 0.6 is 0 Å². The van der Waals surface area contributed by atoms with Gasteiger partial charge in [0.25, 0.3) is 5.89 Å². The Labute approximate surface area is 134 Å². The van der Waals surface area contributed by atoms with Crippen LogP contribution in [0, 0.1) is 0 Å². The van der Waals surface area contributed by atoms with Crippen molar-refractivity contribution in [1.82, 2.24) is 24.8 Å². The average Bonchev–Trinajstić information content (AvgIpc) is 3.29. The van der Waals surface area contributed by atoms with E-state index in [9.17, 15) is 0 Å². The highest BCUT2D eigenvalue weighted by molar-refractivity contribution is 5.51. The zero-order valence-corrected chi connectivity index (χ0v) is 13.1. The van der Waals surface area contributed by atoms with Crippen molar-refractivity contribution in [3.8, 4) is 11.5 Å². The number of hydrogen-bond donors (Lipinski definition) is 0. The van der Waals surface area contributed by atoms with Crippen LogP contribution in [0.4, 0.5) is 0 Å². The summed E-state index contributed by atoms with van der Waals surface area (Å²) in [5, 5.41) is 8.43. The molecule has 6 nitrogen and oxygen atoms in total. The summed E-state index contributed by atoms with van der Waals surface area (Å²) in [4.78, 5) is 6.94. The highest BCUT2D eigenvalue weighted by atomic mass is 16.5. The summed E-state index contributed by atoms with van der Waals surface area (Å²) < 4.78 is 7.26. The van der Waals surface area contributed by atoms with Gasteiger partial charge in [0.2, 0.25) is 0 Å². The van der Waals surface area contributed by atoms with Crippen molar-refractivity contribution in [3.63, 3.8) is 0 Å². The monoisotopic (exact) mass is 309 g/mol. The second-order valence-corrected chi connectivity index (χ2v) is 5.96. The van der Waals surface area contributed by atoms with E-state index in [1.165, 1.54) is 12.0 Å². The van der Waals surface area contributed by atoms with Gasteiger partial charge in [-0.15, -0.1) is 0 Å². The van der Waals surface area contributed by atoms with Gasteiger partial charge in [0.15, 0.2) is 5.82 Å². The quantitative estimate of drug-likeness (QED) is 0.741. The average molecular weight is 309 g/mol. The summed E-state index contributed by atoms with van der Waals surface area (Å²) in [5.74, 6) is 1.32. The number of rotatable bonds is 4. The Balaban J connectivity index is 1.50. The number of benzene rings is 1. The van der Waals surface area contributed by atoms with Gasteiger partial charge in [0.05, 0.1) is 12.7 Å². The fraction of sp³-hybridized carbons (Fsp3) is 0.353. The minimum atomic E-state index is 0.391. The van der Waals surface area contributed by atoms with Crippen LogP contribution in [0.25, 0.3) is 11.5 Å². The second kappa shape index (κ2) is 5.96. The normalized spacial score (nSPS) is 18.6. The van der Waals surface area contributed by atoms with Crippen molar-refractivity contribution in [2.75, 3.05) is 6.54 Å². The molecule has 2 aromatic heterocycles. The molecule has 118 valence electrons. The first-order valence-corrected chi connectivity index (χ1v) is 7.90. The maximum absolute atomic E-state index is 5.40. The molecule has 1 aromatic carbocycles. The fourth-order valence-electron chi connectivity index (χ4n) is 3.20. The predicted molar refractivity (Wildman–Crippen MR) is 85.3 cm³/mol. The van der Waals surface area contributed by atoms with Crippen molar-refractivity contribution < 1.29 is 4.52 Å². The van der Waals surface area contributed by atoms with Gasteiger partial charge in [-0.2, -0.15) is 10.1 Å². The van der Waals surface area contributed by atoms with E-state index in [2.05, 4.69) is 26.3 Å². The van der Waals surface area contributed by atoms with E-state index in [1.54, 1.807) is 0 Å². The third-order valence-corrected chi connectivity index (χ3v) is 4.31. The summed E-state index contributed by atoms with van der Waals surface area (Å²) in [5.41, 5.74) is 2.22. The third kappa shape index (κ3) is 2.90. The van der Waals surface area contributed by atoms with E-state index in [0.29, 0.717) is 18.5 Å². The van der Waals surface area contributed by atoms with E-state index < -0.39 is 0 Å². The van der Waals surface area contributed by atoms with E-state index in [-0.39, 0.29) is 0 Å². The van der Waals surface area contributed by atoms with Crippen LogP contribution in [0.2, 0.25) is 0 Å². The SMILES string of the molecule is Cn1cc([C@@H]2CCCN2Cc2noc(-c3ccccc3)n2)cn1. The minimum absolute atomic E-state index is 0.391. The molecule has 0 spiro atoms. The Bertz CT molecular complexity index is 779. The van der Waals surface area contributed by atoms with Crippen molar-refractivity contribution in [2.45, 2.75) is 25.4 Å². The molecule has 0 amide bonds. The van der Waals surface area contributed by atoms with Crippen LogP contribution in [-0.2, 0) is 13.6 Å². The largest absolute Gasteiger partial charge is 0.334 e. The van der Waals surface area contributed by atoms with Gasteiger partial charge >= 0.3 is 0 Å². The zero-order chi connectivity index (χ0) is 15.6. The second-order valence-electron chi connectivity index (χ2n) is 5.96. The molecule has 1 atom stereocenters. The third-order valence-electron chi connectivity index (χ3n) is 4.31. The standard InChI is InChI=1S/C17H19N5O/c1-21-11-14(10-18-21)15-8-5-9-22(15)12-16-19-17(23-20-16)13-6-3-2-4-7-13/h2-4,6-7,10-11,15H,5,8-9,12H2,1H3/t15-/m0/s1. The summed E-state index contributed by atoms with van der Waals surface area (Å²) in [6.07, 6.45) is 6.38. The van der Waals surface area contributed by atoms with Gasteiger partial charge in [-0.3, -0.25) is 9.58 Å². The first-order chi connectivity index (χ1) is 11.3.